The number of carbonyl (C=O) groups excluding carboxylic acids is 1. The predicted octanol–water partition coefficient (Wildman–Crippen LogP) is 2.94. The third kappa shape index (κ3) is 4.78. The van der Waals surface area contributed by atoms with Crippen molar-refractivity contribution in [2.24, 2.45) is 5.10 Å². The van der Waals surface area contributed by atoms with Crippen molar-refractivity contribution < 1.29 is 9.42 Å². The average molecular weight is 486 g/mol. The first kappa shape index (κ1) is 22.2. The lowest BCUT2D eigenvalue weighted by atomic mass is 10.2. The van der Waals surface area contributed by atoms with Crippen LogP contribution < -0.4 is 16.1 Å². The maximum absolute atomic E-state index is 12.9. The van der Waals surface area contributed by atoms with Gasteiger partial charge in [0.25, 0.3) is 5.91 Å². The minimum atomic E-state index is -0.595. The number of para-hydroxylation sites is 1. The van der Waals surface area contributed by atoms with Gasteiger partial charge in [0.05, 0.1) is 28.5 Å². The normalized spacial score (nSPS) is 11.1. The van der Waals surface area contributed by atoms with E-state index in [1.165, 1.54) is 10.9 Å². The summed E-state index contributed by atoms with van der Waals surface area (Å²) >= 11 is 12.1. The van der Waals surface area contributed by atoms with Crippen molar-refractivity contribution in [1.29, 1.82) is 0 Å². The van der Waals surface area contributed by atoms with Gasteiger partial charge in [0, 0.05) is 18.3 Å². The van der Waals surface area contributed by atoms with Gasteiger partial charge < -0.3 is 10.6 Å². The summed E-state index contributed by atoms with van der Waals surface area (Å²) in [6, 6.07) is 14.7. The summed E-state index contributed by atoms with van der Waals surface area (Å²) in [5.41, 5.74) is 10.1. The number of hydrogen-bond donors (Lipinski definition) is 2. The van der Waals surface area contributed by atoms with Gasteiger partial charge in [-0.15, -0.1) is 5.10 Å². The molecule has 2 heterocycles. The predicted molar refractivity (Wildman–Crippen MR) is 124 cm³/mol. The van der Waals surface area contributed by atoms with Crippen LogP contribution in [0.5, 0.6) is 0 Å². The lowest BCUT2D eigenvalue weighted by Gasteiger charge is -2.19. The van der Waals surface area contributed by atoms with Crippen molar-refractivity contribution in [3.05, 3.63) is 75.5 Å². The fourth-order valence-electron chi connectivity index (χ4n) is 2.96. The van der Waals surface area contributed by atoms with Crippen molar-refractivity contribution >= 4 is 46.8 Å². The van der Waals surface area contributed by atoms with Gasteiger partial charge in [0.1, 0.15) is 0 Å². The average Bonchev–Trinajstić information content (AvgIpc) is 3.42. The van der Waals surface area contributed by atoms with Gasteiger partial charge in [0.15, 0.2) is 5.69 Å². The first-order valence-corrected chi connectivity index (χ1v) is 10.3. The van der Waals surface area contributed by atoms with Crippen LogP contribution in [-0.2, 0) is 6.54 Å². The summed E-state index contributed by atoms with van der Waals surface area (Å²) in [6.07, 6.45) is 1.38. The van der Waals surface area contributed by atoms with Gasteiger partial charge in [-0.05, 0) is 28.5 Å². The van der Waals surface area contributed by atoms with E-state index in [2.05, 4.69) is 35.8 Å². The van der Waals surface area contributed by atoms with E-state index in [4.69, 9.17) is 28.9 Å². The van der Waals surface area contributed by atoms with E-state index < -0.39 is 5.91 Å². The Labute approximate surface area is 197 Å². The lowest BCUT2D eigenvalue weighted by Crippen LogP contribution is -2.24. The van der Waals surface area contributed by atoms with Gasteiger partial charge in [-0.1, -0.05) is 58.7 Å². The maximum Gasteiger partial charge on any atom is 0.293 e. The first-order valence-electron chi connectivity index (χ1n) is 9.52. The molecule has 0 saturated heterocycles. The number of aromatic nitrogens is 5. The second-order valence-electron chi connectivity index (χ2n) is 6.80. The minimum absolute atomic E-state index is 0.00379. The second-order valence-corrected chi connectivity index (χ2v) is 7.59. The van der Waals surface area contributed by atoms with Crippen LogP contribution in [-0.4, -0.2) is 44.5 Å². The van der Waals surface area contributed by atoms with Crippen LogP contribution in [0.3, 0.4) is 0 Å². The molecule has 33 heavy (non-hydrogen) atoms. The molecule has 3 N–H and O–H groups in total. The zero-order chi connectivity index (χ0) is 23.4. The van der Waals surface area contributed by atoms with Gasteiger partial charge in [-0.2, -0.15) is 9.78 Å². The molecular weight excluding hydrogens is 469 g/mol. The summed E-state index contributed by atoms with van der Waals surface area (Å²) < 4.78 is 5.98. The van der Waals surface area contributed by atoms with Crippen LogP contribution in [0.15, 0.2) is 58.3 Å². The van der Waals surface area contributed by atoms with Gasteiger partial charge >= 0.3 is 0 Å². The van der Waals surface area contributed by atoms with E-state index in [1.54, 1.807) is 18.2 Å². The molecule has 4 aromatic rings. The SMILES string of the molecule is CN(Cc1c(C(=O)N/N=C\c2cccc(Cl)c2Cl)nnn1-c1nonc1N)c1ccccc1. The Morgan fingerprint density at radius 2 is 2.00 bits per heavy atom. The number of nitrogens with two attached hydrogens (primary N) is 1. The smallest absolute Gasteiger partial charge is 0.293 e. The summed E-state index contributed by atoms with van der Waals surface area (Å²) in [4.78, 5) is 14.8. The van der Waals surface area contributed by atoms with Crippen LogP contribution in [0.1, 0.15) is 21.7 Å². The Hall–Kier alpha value is -3.96. The molecule has 0 atom stereocenters. The molecule has 11 nitrogen and oxygen atoms in total. The fraction of sp³-hybridized carbons (Fsp3) is 0.100. The van der Waals surface area contributed by atoms with Gasteiger partial charge in [-0.25, -0.2) is 10.1 Å². The molecule has 168 valence electrons. The molecule has 0 radical (unpaired) electrons. The van der Waals surface area contributed by atoms with Crippen molar-refractivity contribution in [2.75, 3.05) is 17.7 Å². The van der Waals surface area contributed by atoms with Crippen LogP contribution in [0.2, 0.25) is 10.0 Å². The highest BCUT2D eigenvalue weighted by Crippen LogP contribution is 2.24. The molecule has 2 aromatic heterocycles. The topological polar surface area (TPSA) is 140 Å². The molecule has 0 saturated carbocycles. The quantitative estimate of drug-likeness (QED) is 0.300. The highest BCUT2D eigenvalue weighted by atomic mass is 35.5. The second kappa shape index (κ2) is 9.67. The van der Waals surface area contributed by atoms with Gasteiger partial charge in [-0.3, -0.25) is 4.79 Å². The molecule has 4 rings (SSSR count). The van der Waals surface area contributed by atoms with Crippen molar-refractivity contribution in [2.45, 2.75) is 6.54 Å². The number of rotatable bonds is 7. The molecule has 0 spiro atoms. The molecule has 2 aromatic carbocycles. The standard InChI is InChI=1S/C20H17Cl2N9O2/c1-30(13-7-3-2-4-8-13)11-15-17(25-29-31(15)19-18(23)27-33-28-19)20(32)26-24-10-12-6-5-9-14(21)16(12)22/h2-10H,11H2,1H3,(H2,23,27)(H,26,32)/b24-10-. The Morgan fingerprint density at radius 1 is 1.21 bits per heavy atom. The third-order valence-corrected chi connectivity index (χ3v) is 5.44. The number of hydrogen-bond acceptors (Lipinski definition) is 9. The Kier molecular flexibility index (Phi) is 6.52. The maximum atomic E-state index is 12.9. The van der Waals surface area contributed by atoms with Crippen LogP contribution in [0, 0.1) is 0 Å². The number of amides is 1. The number of hydrazone groups is 1. The van der Waals surface area contributed by atoms with Crippen molar-refractivity contribution in [3.8, 4) is 5.82 Å². The molecule has 1 amide bonds. The number of nitrogens with zero attached hydrogens (tertiary/aromatic N) is 7. The third-order valence-electron chi connectivity index (χ3n) is 4.61. The number of nitrogens with one attached hydrogen (secondary N) is 1. The monoisotopic (exact) mass is 485 g/mol. The van der Waals surface area contributed by atoms with Crippen molar-refractivity contribution in [3.63, 3.8) is 0 Å². The first-order chi connectivity index (χ1) is 16.0. The molecule has 0 bridgehead atoms. The zero-order valence-electron chi connectivity index (χ0n) is 17.2. The number of nitrogen functional groups attached to an aromatic ring is 1. The van der Waals surface area contributed by atoms with E-state index in [0.717, 1.165) is 5.69 Å². The van der Waals surface area contributed by atoms with E-state index in [-0.39, 0.29) is 23.9 Å². The molecule has 0 aliphatic rings. The molecule has 13 heteroatoms. The summed E-state index contributed by atoms with van der Waals surface area (Å²) in [5, 5.41) is 20.0. The number of carbonyl (C=O) groups is 1. The minimum Gasteiger partial charge on any atom is -0.378 e. The molecule has 0 aliphatic carbocycles. The molecule has 0 fully saturated rings. The molecule has 0 aliphatic heterocycles. The number of halogens is 2. The van der Waals surface area contributed by atoms with E-state index >= 15 is 0 Å². The van der Waals surface area contributed by atoms with Crippen LogP contribution in [0.25, 0.3) is 5.82 Å². The van der Waals surface area contributed by atoms with E-state index in [1.807, 2.05) is 42.3 Å². The Balaban J connectivity index is 1.62. The Morgan fingerprint density at radius 3 is 2.73 bits per heavy atom. The zero-order valence-corrected chi connectivity index (χ0v) is 18.7. The van der Waals surface area contributed by atoms with E-state index in [0.29, 0.717) is 21.3 Å². The number of benzene rings is 2. The highest BCUT2D eigenvalue weighted by molar-refractivity contribution is 6.43. The summed E-state index contributed by atoms with van der Waals surface area (Å²) in [7, 11) is 1.86. The lowest BCUT2D eigenvalue weighted by molar-refractivity contribution is 0.0949. The highest BCUT2D eigenvalue weighted by Gasteiger charge is 2.25. The van der Waals surface area contributed by atoms with E-state index in [9.17, 15) is 4.79 Å². The fourth-order valence-corrected chi connectivity index (χ4v) is 3.32. The summed E-state index contributed by atoms with van der Waals surface area (Å²) in [5.74, 6) is -0.474. The number of anilines is 2. The molecular formula is C20H17Cl2N9O2. The largest absolute Gasteiger partial charge is 0.378 e. The Bertz CT molecular complexity index is 1300. The summed E-state index contributed by atoms with van der Waals surface area (Å²) in [6.45, 7) is 0.246. The van der Waals surface area contributed by atoms with Gasteiger partial charge in [0.2, 0.25) is 11.6 Å². The van der Waals surface area contributed by atoms with Crippen LogP contribution >= 0.6 is 23.2 Å². The van der Waals surface area contributed by atoms with Crippen LogP contribution in [0.4, 0.5) is 11.5 Å². The molecule has 0 unspecified atom stereocenters. The van der Waals surface area contributed by atoms with Crippen molar-refractivity contribution in [1.82, 2.24) is 30.7 Å².